The van der Waals surface area contributed by atoms with Crippen LogP contribution in [0.2, 0.25) is 0 Å². The predicted molar refractivity (Wildman–Crippen MR) is 266 cm³/mol. The van der Waals surface area contributed by atoms with Gasteiger partial charge in [-0.25, -0.2) is 8.78 Å². The molecule has 0 spiro atoms. The monoisotopic (exact) mass is 1300 g/mol. The first-order chi connectivity index (χ1) is 38.5. The molecule has 0 bridgehead atoms. The highest BCUT2D eigenvalue weighted by molar-refractivity contribution is 9.09. The Labute approximate surface area is 473 Å². The van der Waals surface area contributed by atoms with Crippen LogP contribution in [0.3, 0.4) is 0 Å². The Morgan fingerprint density at radius 1 is 0.210 bits per heavy atom. The van der Waals surface area contributed by atoms with Crippen molar-refractivity contribution in [2.24, 2.45) is 0 Å². The fourth-order valence-electron chi connectivity index (χ4n) is 5.53. The summed E-state index contributed by atoms with van der Waals surface area (Å²) >= 11 is 2.97. The van der Waals surface area contributed by atoms with Gasteiger partial charge in [-0.15, -0.1) is 0 Å². The molecule has 18 nitrogen and oxygen atoms in total. The highest BCUT2D eigenvalue weighted by Crippen LogP contribution is 2.50. The lowest BCUT2D eigenvalue weighted by molar-refractivity contribution is -0.344. The number of aliphatic hydroxyl groups is 3. The summed E-state index contributed by atoms with van der Waals surface area (Å²) in [7, 11) is 0. The molecule has 492 valence electrons. The van der Waals surface area contributed by atoms with Gasteiger partial charge < -0.3 is 86.4 Å². The molecule has 0 saturated heterocycles. The molecule has 0 aromatic rings. The number of unbranched alkanes of at least 4 members (excludes halogenated alkanes) is 4. The van der Waals surface area contributed by atoms with Gasteiger partial charge in [-0.05, 0) is 38.5 Å². The molecule has 0 fully saturated rings. The van der Waals surface area contributed by atoms with Crippen molar-refractivity contribution in [1.82, 2.24) is 0 Å². The van der Waals surface area contributed by atoms with Crippen molar-refractivity contribution in [3.05, 3.63) is 0 Å². The molecule has 0 aliphatic heterocycles. The summed E-state index contributed by atoms with van der Waals surface area (Å²) < 4.78 is 252. The van der Waals surface area contributed by atoms with Gasteiger partial charge in [-0.3, -0.25) is 0 Å². The summed E-state index contributed by atoms with van der Waals surface area (Å²) in [4.78, 5) is 0. The number of hydrogen-bond donors (Lipinski definition) is 3. The smallest absolute Gasteiger partial charge is 0.394 e. The van der Waals surface area contributed by atoms with E-state index in [4.69, 9.17) is 86.4 Å². The first kappa shape index (κ1) is 84.0. The van der Waals surface area contributed by atoms with E-state index in [1.807, 2.05) is 0 Å². The highest BCUT2D eigenvalue weighted by atomic mass is 79.9. The van der Waals surface area contributed by atoms with Crippen molar-refractivity contribution in [2.45, 2.75) is 87.4 Å². The highest BCUT2D eigenvalue weighted by Gasteiger charge is 2.72. The Morgan fingerprint density at radius 3 is 0.531 bits per heavy atom. The topological polar surface area (TPSA) is 199 Å². The second-order valence-electron chi connectivity index (χ2n) is 16.3. The van der Waals surface area contributed by atoms with Gasteiger partial charge in [0.2, 0.25) is 0 Å². The minimum absolute atomic E-state index is 0.00848. The van der Waals surface area contributed by atoms with Crippen LogP contribution in [0.25, 0.3) is 0 Å². The quantitative estimate of drug-likeness (QED) is 0.0310. The molecule has 0 amide bonds. The van der Waals surface area contributed by atoms with E-state index in [1.54, 1.807) is 0 Å². The zero-order valence-electron chi connectivity index (χ0n) is 45.8. The Bertz CT molecular complexity index is 1240. The van der Waals surface area contributed by atoms with Gasteiger partial charge in [0.15, 0.2) is 0 Å². The minimum atomic E-state index is -6.00. The normalized spacial score (nSPS) is 12.7. The van der Waals surface area contributed by atoms with E-state index in [1.165, 1.54) is 0 Å². The molecule has 0 aliphatic carbocycles. The molecule has 0 atom stereocenters. The molecular formula is C48H87BrF14O18. The van der Waals surface area contributed by atoms with E-state index < -0.39 is 61.7 Å². The number of rotatable bonds is 56. The van der Waals surface area contributed by atoms with Crippen LogP contribution in [-0.4, -0.2) is 275 Å². The van der Waals surface area contributed by atoms with E-state index in [9.17, 15) is 61.5 Å². The van der Waals surface area contributed by atoms with Gasteiger partial charge >= 0.3 is 24.7 Å². The summed E-state index contributed by atoms with van der Waals surface area (Å²) in [5, 5.41) is 26.0. The fraction of sp³-hybridized carbons (Fsp3) is 1.00. The Morgan fingerprint density at radius 2 is 0.370 bits per heavy atom. The molecule has 0 rings (SSSR count). The summed E-state index contributed by atoms with van der Waals surface area (Å²) in [6, 6.07) is 0. The van der Waals surface area contributed by atoms with Crippen LogP contribution in [0.1, 0.15) is 51.4 Å². The second kappa shape index (κ2) is 56.6. The number of ether oxygens (including phenoxy) is 15. The molecule has 0 aliphatic rings. The van der Waals surface area contributed by atoms with Gasteiger partial charge in [0, 0.05) is 11.9 Å². The molecule has 0 aromatic heterocycles. The van der Waals surface area contributed by atoms with Crippen LogP contribution in [0.15, 0.2) is 0 Å². The van der Waals surface area contributed by atoms with E-state index >= 15 is 0 Å². The lowest BCUT2D eigenvalue weighted by atomic mass is 9.96. The van der Waals surface area contributed by atoms with E-state index in [0.717, 1.165) is 0 Å². The van der Waals surface area contributed by atoms with E-state index in [0.29, 0.717) is 190 Å². The molecule has 0 aromatic carbocycles. The minimum Gasteiger partial charge on any atom is -0.394 e. The molecule has 33 heteroatoms. The van der Waals surface area contributed by atoms with Gasteiger partial charge in [-0.1, -0.05) is 28.8 Å². The van der Waals surface area contributed by atoms with Crippen LogP contribution in [-0.2, 0) is 71.1 Å². The third-order valence-corrected chi connectivity index (χ3v) is 10.4. The van der Waals surface area contributed by atoms with Crippen LogP contribution < -0.4 is 0 Å². The van der Waals surface area contributed by atoms with Crippen molar-refractivity contribution in [1.29, 1.82) is 0 Å². The summed E-state index contributed by atoms with van der Waals surface area (Å²) in [5.41, 5.74) is -10.3. The molecule has 0 saturated carbocycles. The van der Waals surface area contributed by atoms with E-state index in [-0.39, 0.29) is 58.9 Å². The number of hydrogen-bond acceptors (Lipinski definition) is 18. The molecule has 3 N–H and O–H groups in total. The average Bonchev–Trinajstić information content (AvgIpc) is 3.40. The molecule has 0 unspecified atom stereocenters. The van der Waals surface area contributed by atoms with Gasteiger partial charge in [0.1, 0.15) is 0 Å². The van der Waals surface area contributed by atoms with Crippen molar-refractivity contribution in [2.75, 3.05) is 223 Å². The summed E-state index contributed by atoms with van der Waals surface area (Å²) in [5.74, 6) is 0. The van der Waals surface area contributed by atoms with Gasteiger partial charge in [0.25, 0.3) is 11.3 Å². The SMILES string of the molecule is FC(F)(F)C(F)(CCCCCBr)C(F)(F)F.OCCOCCOCCOCCOCCOCCOCCOCCO.OCCOCCOCCOCCOCCOCCOCCOCCOCCCCCC(F)(C(F)(F)F)C(F)(F)F. The Kier molecular flexibility index (Phi) is 58.7. The number of halogens is 15. The Hall–Kier alpha value is -1.22. The zero-order chi connectivity index (χ0) is 61.3. The second-order valence-corrected chi connectivity index (χ2v) is 17.1. The number of aliphatic hydroxyl groups excluding tert-OH is 3. The van der Waals surface area contributed by atoms with E-state index in [2.05, 4.69) is 15.9 Å². The molecule has 0 heterocycles. The largest absolute Gasteiger partial charge is 0.431 e. The van der Waals surface area contributed by atoms with Crippen molar-refractivity contribution in [3.8, 4) is 0 Å². The van der Waals surface area contributed by atoms with Crippen LogP contribution >= 0.6 is 15.9 Å². The average molecular weight is 1300 g/mol. The maximum atomic E-state index is 13.5. The first-order valence-electron chi connectivity index (χ1n) is 26.2. The summed E-state index contributed by atoms with van der Waals surface area (Å²) in [6.07, 6.45) is -27.4. The molecular weight excluding hydrogens is 1210 g/mol. The number of alkyl halides is 15. The van der Waals surface area contributed by atoms with Crippen molar-refractivity contribution in [3.63, 3.8) is 0 Å². The van der Waals surface area contributed by atoms with Crippen LogP contribution in [0.5, 0.6) is 0 Å². The van der Waals surface area contributed by atoms with Crippen LogP contribution in [0, 0.1) is 0 Å². The third-order valence-electron chi connectivity index (χ3n) is 9.81. The maximum absolute atomic E-state index is 13.5. The zero-order valence-corrected chi connectivity index (χ0v) is 47.4. The van der Waals surface area contributed by atoms with Crippen LogP contribution in [0.4, 0.5) is 61.5 Å². The van der Waals surface area contributed by atoms with Gasteiger partial charge in [-0.2, -0.15) is 52.7 Å². The maximum Gasteiger partial charge on any atom is 0.431 e. The fourth-order valence-corrected chi connectivity index (χ4v) is 5.93. The van der Waals surface area contributed by atoms with Crippen molar-refractivity contribution >= 4 is 15.9 Å². The first-order valence-corrected chi connectivity index (χ1v) is 27.4. The standard InChI is InChI=1S/C24H43F7O9.C16H34O9.C8H10BrF7/c25-22(23(26,27)28,24(29,30)31)4-2-1-3-6-33-8-10-35-12-14-37-16-18-39-20-21-40-19-17-38-15-13-36-11-9-34-7-5-32;17-1-3-19-5-7-21-9-11-23-13-15-25-16-14-24-12-10-22-8-6-20-4-2-18;9-5-3-1-2-4-6(10,7(11,12)13)8(14,15)16/h32H,1-21H2;17-18H,1-16H2;1-5H2. The third kappa shape index (κ3) is 51.7. The molecule has 0 radical (unpaired) electrons. The van der Waals surface area contributed by atoms with Gasteiger partial charge in [0.05, 0.1) is 211 Å². The Balaban J connectivity index is -0.00000126. The summed E-state index contributed by atoms with van der Waals surface area (Å²) in [6.45, 7) is 12.5. The molecule has 81 heavy (non-hydrogen) atoms. The lowest BCUT2D eigenvalue weighted by Crippen LogP contribution is -2.53. The lowest BCUT2D eigenvalue weighted by Gasteiger charge is -2.29. The predicted octanol–water partition coefficient (Wildman–Crippen LogP) is 7.37. The van der Waals surface area contributed by atoms with Crippen molar-refractivity contribution < 1.29 is 148 Å².